The number of amides is 2. The molecule has 1 saturated heterocycles. The summed E-state index contributed by atoms with van der Waals surface area (Å²) in [6.07, 6.45) is -2.24. The maximum absolute atomic E-state index is 13.3. The van der Waals surface area contributed by atoms with Crippen molar-refractivity contribution in [3.8, 4) is 0 Å². The third-order valence-corrected chi connectivity index (χ3v) is 6.36. The number of nitro groups is 1. The van der Waals surface area contributed by atoms with Gasteiger partial charge in [0.1, 0.15) is 10.7 Å². The molecular formula is C19H21F3N4O5S. The number of hydrogen-bond donors (Lipinski definition) is 2. The number of rotatable bonds is 6. The van der Waals surface area contributed by atoms with E-state index in [1.165, 1.54) is 0 Å². The molecule has 13 heteroatoms. The van der Waals surface area contributed by atoms with Gasteiger partial charge in [0.15, 0.2) is 5.01 Å². The first kappa shape index (κ1) is 23.9. The second-order valence-electron chi connectivity index (χ2n) is 7.44. The van der Waals surface area contributed by atoms with Gasteiger partial charge in [0.05, 0.1) is 16.0 Å². The number of aromatic nitrogens is 1. The Labute approximate surface area is 184 Å². The second kappa shape index (κ2) is 9.36. The standard InChI is InChI=1S/C19H21F3N4O5S/c1-10-11(19(20,21)22)9-13-15(14(10)26(30)31)32-17(24-13)16(28)23-12(5-8-27)18(29)25-6-3-2-4-7-25/h9,12,27H,2-8H2,1H3,(H,23,28)/t12-/m0/s1. The molecule has 2 amide bonds. The van der Waals surface area contributed by atoms with E-state index in [9.17, 15) is 38.0 Å². The molecule has 3 rings (SSSR count). The number of halogens is 3. The number of nitro benzene ring substituents is 1. The summed E-state index contributed by atoms with van der Waals surface area (Å²) in [5, 5.41) is 22.9. The zero-order valence-corrected chi connectivity index (χ0v) is 17.9. The highest BCUT2D eigenvalue weighted by Gasteiger charge is 2.38. The number of benzene rings is 1. The highest BCUT2D eigenvalue weighted by Crippen LogP contribution is 2.42. The maximum Gasteiger partial charge on any atom is 0.416 e. The quantitative estimate of drug-likeness (QED) is 0.490. The topological polar surface area (TPSA) is 126 Å². The Kier molecular flexibility index (Phi) is 6.98. The monoisotopic (exact) mass is 474 g/mol. The van der Waals surface area contributed by atoms with Crippen molar-refractivity contribution in [1.82, 2.24) is 15.2 Å². The molecule has 1 aromatic heterocycles. The fraction of sp³-hybridized carbons (Fsp3) is 0.526. The molecule has 1 aliphatic rings. The Bertz CT molecular complexity index is 1050. The minimum Gasteiger partial charge on any atom is -0.396 e. The Balaban J connectivity index is 1.94. The van der Waals surface area contributed by atoms with Crippen LogP contribution in [0.5, 0.6) is 0 Å². The van der Waals surface area contributed by atoms with E-state index in [0.29, 0.717) is 30.5 Å². The number of nitrogens with zero attached hydrogens (tertiary/aromatic N) is 3. The molecule has 32 heavy (non-hydrogen) atoms. The van der Waals surface area contributed by atoms with Crippen molar-refractivity contribution in [3.63, 3.8) is 0 Å². The largest absolute Gasteiger partial charge is 0.416 e. The van der Waals surface area contributed by atoms with Crippen LogP contribution in [0.1, 0.15) is 46.6 Å². The molecule has 1 aliphatic heterocycles. The lowest BCUT2D eigenvalue weighted by Crippen LogP contribution is -2.50. The summed E-state index contributed by atoms with van der Waals surface area (Å²) in [6.45, 7) is 1.69. The van der Waals surface area contributed by atoms with Crippen LogP contribution < -0.4 is 5.32 Å². The van der Waals surface area contributed by atoms with Gasteiger partial charge in [0.2, 0.25) is 5.91 Å². The SMILES string of the molecule is Cc1c(C(F)(F)F)cc2nc(C(=O)N[C@@H](CCO)C(=O)N3CCCCC3)sc2c1[N+](=O)[O-]. The summed E-state index contributed by atoms with van der Waals surface area (Å²) in [4.78, 5) is 41.5. The van der Waals surface area contributed by atoms with E-state index >= 15 is 0 Å². The molecule has 2 aromatic rings. The number of thiazole rings is 1. The molecule has 0 unspecified atom stereocenters. The molecule has 2 N–H and O–H groups in total. The Morgan fingerprint density at radius 2 is 2.00 bits per heavy atom. The number of alkyl halides is 3. The molecule has 2 heterocycles. The van der Waals surface area contributed by atoms with Crippen LogP contribution in [0.15, 0.2) is 6.07 Å². The molecule has 174 valence electrons. The normalized spacial score (nSPS) is 15.6. The van der Waals surface area contributed by atoms with Gasteiger partial charge in [-0.05, 0) is 38.7 Å². The number of nitrogens with one attached hydrogen (secondary N) is 1. The zero-order valence-electron chi connectivity index (χ0n) is 17.1. The maximum atomic E-state index is 13.3. The van der Waals surface area contributed by atoms with Crippen molar-refractivity contribution in [3.05, 3.63) is 32.3 Å². The van der Waals surface area contributed by atoms with Crippen LogP contribution in [0.25, 0.3) is 10.2 Å². The summed E-state index contributed by atoms with van der Waals surface area (Å²) in [5.41, 5.74) is -2.86. The van der Waals surface area contributed by atoms with Crippen LogP contribution in [-0.2, 0) is 11.0 Å². The number of hydrogen-bond acceptors (Lipinski definition) is 7. The summed E-state index contributed by atoms with van der Waals surface area (Å²) < 4.78 is 39.8. The van der Waals surface area contributed by atoms with E-state index in [1.54, 1.807) is 4.90 Å². The molecule has 0 spiro atoms. The van der Waals surface area contributed by atoms with Gasteiger partial charge in [0, 0.05) is 25.3 Å². The van der Waals surface area contributed by atoms with E-state index < -0.39 is 39.9 Å². The van der Waals surface area contributed by atoms with Crippen molar-refractivity contribution < 1.29 is 32.8 Å². The van der Waals surface area contributed by atoms with Crippen LogP contribution in [0.3, 0.4) is 0 Å². The third-order valence-electron chi connectivity index (χ3n) is 5.28. The van der Waals surface area contributed by atoms with Gasteiger partial charge in [-0.1, -0.05) is 0 Å². The van der Waals surface area contributed by atoms with Crippen molar-refractivity contribution in [2.45, 2.75) is 44.8 Å². The van der Waals surface area contributed by atoms with Gasteiger partial charge in [-0.3, -0.25) is 19.7 Å². The molecule has 0 aliphatic carbocycles. The van der Waals surface area contributed by atoms with Gasteiger partial charge >= 0.3 is 6.18 Å². The summed E-state index contributed by atoms with van der Waals surface area (Å²) in [6, 6.07) is -0.366. The smallest absolute Gasteiger partial charge is 0.396 e. The van der Waals surface area contributed by atoms with Crippen molar-refractivity contribution in [2.75, 3.05) is 19.7 Å². The van der Waals surface area contributed by atoms with Gasteiger partial charge in [-0.15, -0.1) is 11.3 Å². The Morgan fingerprint density at radius 3 is 2.56 bits per heavy atom. The van der Waals surface area contributed by atoms with Gasteiger partial charge in [-0.25, -0.2) is 4.98 Å². The number of aliphatic hydroxyl groups is 1. The lowest BCUT2D eigenvalue weighted by Gasteiger charge is -2.30. The van der Waals surface area contributed by atoms with Gasteiger partial charge < -0.3 is 15.3 Å². The number of piperidine rings is 1. The minimum absolute atomic E-state index is 0.0521. The Hall–Kier alpha value is -2.80. The third kappa shape index (κ3) is 4.83. The number of likely N-dealkylation sites (tertiary alicyclic amines) is 1. The van der Waals surface area contributed by atoms with E-state index in [2.05, 4.69) is 10.3 Å². The molecule has 9 nitrogen and oxygen atoms in total. The predicted molar refractivity (Wildman–Crippen MR) is 109 cm³/mol. The number of carbonyl (C=O) groups is 2. The van der Waals surface area contributed by atoms with Crippen LogP contribution in [0.4, 0.5) is 18.9 Å². The number of carbonyl (C=O) groups excluding carboxylic acids is 2. The number of aliphatic hydroxyl groups excluding tert-OH is 1. The first-order valence-corrected chi connectivity index (χ1v) is 10.7. The van der Waals surface area contributed by atoms with E-state index in [-0.39, 0.29) is 34.2 Å². The van der Waals surface area contributed by atoms with Crippen molar-refractivity contribution >= 4 is 39.1 Å². The summed E-state index contributed by atoms with van der Waals surface area (Å²) in [7, 11) is 0. The molecule has 0 bridgehead atoms. The molecule has 0 saturated carbocycles. The average Bonchev–Trinajstić information content (AvgIpc) is 3.15. The fourth-order valence-corrected chi connectivity index (χ4v) is 4.72. The van der Waals surface area contributed by atoms with Crippen LogP contribution >= 0.6 is 11.3 Å². The summed E-state index contributed by atoms with van der Waals surface area (Å²) in [5.74, 6) is -1.22. The van der Waals surface area contributed by atoms with E-state index in [0.717, 1.165) is 26.2 Å². The highest BCUT2D eigenvalue weighted by molar-refractivity contribution is 7.20. The van der Waals surface area contributed by atoms with Crippen LogP contribution in [0.2, 0.25) is 0 Å². The molecule has 1 atom stereocenters. The molecule has 0 radical (unpaired) electrons. The van der Waals surface area contributed by atoms with Crippen LogP contribution in [-0.4, -0.2) is 57.5 Å². The lowest BCUT2D eigenvalue weighted by molar-refractivity contribution is -0.383. The van der Waals surface area contributed by atoms with Gasteiger partial charge in [-0.2, -0.15) is 13.2 Å². The molecule has 1 fully saturated rings. The molecule has 1 aromatic carbocycles. The second-order valence-corrected chi connectivity index (χ2v) is 8.44. The first-order valence-electron chi connectivity index (χ1n) is 9.90. The van der Waals surface area contributed by atoms with Crippen molar-refractivity contribution in [2.24, 2.45) is 0 Å². The predicted octanol–water partition coefficient (Wildman–Crippen LogP) is 3.03. The first-order chi connectivity index (χ1) is 15.0. The average molecular weight is 474 g/mol. The lowest BCUT2D eigenvalue weighted by atomic mass is 10.1. The van der Waals surface area contributed by atoms with Crippen molar-refractivity contribution in [1.29, 1.82) is 0 Å². The minimum atomic E-state index is -4.83. The summed E-state index contributed by atoms with van der Waals surface area (Å²) >= 11 is 0.582. The zero-order chi connectivity index (χ0) is 23.6. The highest BCUT2D eigenvalue weighted by atomic mass is 32.1. The fourth-order valence-electron chi connectivity index (χ4n) is 3.69. The van der Waals surface area contributed by atoms with Crippen LogP contribution in [0, 0.1) is 17.0 Å². The molecular weight excluding hydrogens is 453 g/mol. The number of fused-ring (bicyclic) bond motifs is 1. The Morgan fingerprint density at radius 1 is 1.34 bits per heavy atom. The van der Waals surface area contributed by atoms with Gasteiger partial charge in [0.25, 0.3) is 11.6 Å². The van der Waals surface area contributed by atoms with E-state index in [1.807, 2.05) is 0 Å². The van der Waals surface area contributed by atoms with E-state index in [4.69, 9.17) is 0 Å².